The van der Waals surface area contributed by atoms with Crippen molar-refractivity contribution in [2.75, 3.05) is 32.8 Å². The van der Waals surface area contributed by atoms with Gasteiger partial charge in [0, 0.05) is 30.2 Å². The van der Waals surface area contributed by atoms with E-state index in [-0.39, 0.29) is 11.4 Å². The minimum absolute atomic E-state index is 0.0604. The fourth-order valence-corrected chi connectivity index (χ4v) is 4.59. The molecule has 2 fully saturated rings. The van der Waals surface area contributed by atoms with E-state index in [1.807, 2.05) is 26.0 Å². The molecule has 1 saturated heterocycles. The van der Waals surface area contributed by atoms with Crippen LogP contribution in [0.4, 0.5) is 0 Å². The average Bonchev–Trinajstić information content (AvgIpc) is 2.71. The number of amides is 1. The lowest BCUT2D eigenvalue weighted by atomic mass is 9.79. The van der Waals surface area contributed by atoms with Crippen molar-refractivity contribution in [1.82, 2.24) is 10.2 Å². The SMILES string of the molecule is Cc1cc(OC(C)C(=O)NCC2(N3CCOCC3)CCCCC2)cc(C)c1Cl. The first-order chi connectivity index (χ1) is 13.4. The molecule has 156 valence electrons. The molecule has 1 N–H and O–H groups in total. The number of ether oxygens (including phenoxy) is 2. The first-order valence-corrected chi connectivity index (χ1v) is 10.8. The summed E-state index contributed by atoms with van der Waals surface area (Å²) in [5.74, 6) is 0.617. The molecule has 28 heavy (non-hydrogen) atoms. The number of carbonyl (C=O) groups excluding carboxylic acids is 1. The maximum Gasteiger partial charge on any atom is 0.260 e. The van der Waals surface area contributed by atoms with Gasteiger partial charge in [-0.15, -0.1) is 0 Å². The highest BCUT2D eigenvalue weighted by Crippen LogP contribution is 2.34. The molecular weight excluding hydrogens is 376 g/mol. The van der Waals surface area contributed by atoms with E-state index in [1.165, 1.54) is 19.3 Å². The molecule has 1 aromatic rings. The lowest BCUT2D eigenvalue weighted by molar-refractivity contribution is -0.128. The highest BCUT2D eigenvalue weighted by Gasteiger charge is 2.39. The van der Waals surface area contributed by atoms with Gasteiger partial charge in [-0.1, -0.05) is 30.9 Å². The van der Waals surface area contributed by atoms with Crippen LogP contribution >= 0.6 is 11.6 Å². The Bertz CT molecular complexity index is 659. The van der Waals surface area contributed by atoms with Crippen LogP contribution in [0.25, 0.3) is 0 Å². The second kappa shape index (κ2) is 9.47. The topological polar surface area (TPSA) is 50.8 Å². The van der Waals surface area contributed by atoms with E-state index in [9.17, 15) is 4.79 Å². The van der Waals surface area contributed by atoms with Crippen LogP contribution in [-0.4, -0.2) is 55.3 Å². The fourth-order valence-electron chi connectivity index (χ4n) is 4.48. The third-order valence-electron chi connectivity index (χ3n) is 6.15. The molecule has 1 saturated carbocycles. The first-order valence-electron chi connectivity index (χ1n) is 10.5. The predicted octanol–water partition coefficient (Wildman–Crippen LogP) is 3.88. The van der Waals surface area contributed by atoms with Gasteiger partial charge < -0.3 is 14.8 Å². The lowest BCUT2D eigenvalue weighted by Gasteiger charge is -2.48. The van der Waals surface area contributed by atoms with Crippen molar-refractivity contribution in [3.8, 4) is 5.75 Å². The van der Waals surface area contributed by atoms with Crippen LogP contribution in [0.1, 0.15) is 50.2 Å². The van der Waals surface area contributed by atoms with Gasteiger partial charge in [0.25, 0.3) is 5.91 Å². The number of hydrogen-bond donors (Lipinski definition) is 1. The Morgan fingerprint density at radius 2 is 1.82 bits per heavy atom. The Morgan fingerprint density at radius 1 is 1.21 bits per heavy atom. The van der Waals surface area contributed by atoms with Crippen molar-refractivity contribution >= 4 is 17.5 Å². The number of nitrogens with zero attached hydrogens (tertiary/aromatic N) is 1. The van der Waals surface area contributed by atoms with Gasteiger partial charge in [0.15, 0.2) is 6.10 Å². The van der Waals surface area contributed by atoms with E-state index in [2.05, 4.69) is 10.2 Å². The summed E-state index contributed by atoms with van der Waals surface area (Å²) in [6.07, 6.45) is 5.46. The number of benzene rings is 1. The second-order valence-corrected chi connectivity index (χ2v) is 8.61. The van der Waals surface area contributed by atoms with Crippen molar-refractivity contribution in [3.05, 3.63) is 28.3 Å². The summed E-state index contributed by atoms with van der Waals surface area (Å²) < 4.78 is 11.4. The zero-order chi connectivity index (χ0) is 20.1. The number of morpholine rings is 1. The molecule has 0 aromatic heterocycles. The van der Waals surface area contributed by atoms with Gasteiger partial charge in [-0.25, -0.2) is 0 Å². The van der Waals surface area contributed by atoms with Crippen LogP contribution in [0.15, 0.2) is 12.1 Å². The quantitative estimate of drug-likeness (QED) is 0.776. The van der Waals surface area contributed by atoms with Gasteiger partial charge in [-0.2, -0.15) is 0 Å². The smallest absolute Gasteiger partial charge is 0.260 e. The van der Waals surface area contributed by atoms with Gasteiger partial charge in [0.2, 0.25) is 0 Å². The van der Waals surface area contributed by atoms with Crippen molar-refractivity contribution in [2.24, 2.45) is 0 Å². The van der Waals surface area contributed by atoms with Gasteiger partial charge in [-0.05, 0) is 56.9 Å². The van der Waals surface area contributed by atoms with Gasteiger partial charge in [0.05, 0.1) is 13.2 Å². The van der Waals surface area contributed by atoms with Crippen molar-refractivity contribution in [1.29, 1.82) is 0 Å². The van der Waals surface area contributed by atoms with Crippen LogP contribution in [0.3, 0.4) is 0 Å². The summed E-state index contributed by atoms with van der Waals surface area (Å²) in [7, 11) is 0. The van der Waals surface area contributed by atoms with E-state index in [0.717, 1.165) is 55.3 Å². The largest absolute Gasteiger partial charge is 0.481 e. The molecule has 1 aromatic carbocycles. The molecule has 1 atom stereocenters. The molecule has 0 spiro atoms. The normalized spacial score (nSPS) is 21.1. The summed E-state index contributed by atoms with van der Waals surface area (Å²) in [6, 6.07) is 3.77. The molecule has 3 rings (SSSR count). The second-order valence-electron chi connectivity index (χ2n) is 8.23. The number of aryl methyl sites for hydroxylation is 2. The zero-order valence-corrected chi connectivity index (χ0v) is 18.1. The molecule has 1 heterocycles. The number of halogens is 1. The molecule has 0 bridgehead atoms. The van der Waals surface area contributed by atoms with Crippen molar-refractivity contribution in [2.45, 2.75) is 64.5 Å². The molecule has 1 unspecified atom stereocenters. The minimum Gasteiger partial charge on any atom is -0.481 e. The summed E-state index contributed by atoms with van der Waals surface area (Å²) in [5, 5.41) is 3.92. The van der Waals surface area contributed by atoms with Gasteiger partial charge in [-0.3, -0.25) is 9.69 Å². The van der Waals surface area contributed by atoms with Crippen LogP contribution in [-0.2, 0) is 9.53 Å². The Hall–Kier alpha value is -1.30. The Kier molecular flexibility index (Phi) is 7.24. The maximum atomic E-state index is 12.7. The average molecular weight is 409 g/mol. The number of carbonyl (C=O) groups is 1. The van der Waals surface area contributed by atoms with Gasteiger partial charge >= 0.3 is 0 Å². The minimum atomic E-state index is -0.551. The predicted molar refractivity (Wildman–Crippen MR) is 112 cm³/mol. The van der Waals surface area contributed by atoms with Gasteiger partial charge in [0.1, 0.15) is 5.75 Å². The molecule has 1 amide bonds. The summed E-state index contributed by atoms with van der Waals surface area (Å²) in [6.45, 7) is 9.84. The third-order valence-corrected chi connectivity index (χ3v) is 6.75. The monoisotopic (exact) mass is 408 g/mol. The number of rotatable bonds is 6. The highest BCUT2D eigenvalue weighted by atomic mass is 35.5. The molecule has 6 heteroatoms. The van der Waals surface area contributed by atoms with Crippen molar-refractivity contribution in [3.63, 3.8) is 0 Å². The van der Waals surface area contributed by atoms with Crippen LogP contribution in [0.5, 0.6) is 5.75 Å². The molecular formula is C22H33ClN2O3. The maximum absolute atomic E-state index is 12.7. The standard InChI is InChI=1S/C22H33ClN2O3/c1-16-13-19(14-17(2)20(16)23)28-18(3)21(26)24-15-22(7-5-4-6-8-22)25-9-11-27-12-10-25/h13-14,18H,4-12,15H2,1-3H3,(H,24,26). The molecule has 1 aliphatic carbocycles. The highest BCUT2D eigenvalue weighted by molar-refractivity contribution is 6.32. The van der Waals surface area contributed by atoms with E-state index >= 15 is 0 Å². The molecule has 2 aliphatic rings. The zero-order valence-electron chi connectivity index (χ0n) is 17.4. The fraction of sp³-hybridized carbons (Fsp3) is 0.682. The first kappa shape index (κ1) is 21.4. The Labute approximate surface area is 173 Å². The Balaban J connectivity index is 1.60. The summed E-state index contributed by atoms with van der Waals surface area (Å²) in [5.41, 5.74) is 1.97. The lowest BCUT2D eigenvalue weighted by Crippen LogP contribution is -2.60. The van der Waals surface area contributed by atoms with Crippen LogP contribution in [0.2, 0.25) is 5.02 Å². The van der Waals surface area contributed by atoms with E-state index in [0.29, 0.717) is 12.3 Å². The van der Waals surface area contributed by atoms with Crippen LogP contribution < -0.4 is 10.1 Å². The summed E-state index contributed by atoms with van der Waals surface area (Å²) in [4.78, 5) is 15.3. The molecule has 5 nitrogen and oxygen atoms in total. The Morgan fingerprint density at radius 3 is 2.43 bits per heavy atom. The number of nitrogens with one attached hydrogen (secondary N) is 1. The number of hydrogen-bond acceptors (Lipinski definition) is 4. The molecule has 0 radical (unpaired) electrons. The summed E-state index contributed by atoms with van der Waals surface area (Å²) >= 11 is 6.23. The van der Waals surface area contributed by atoms with E-state index < -0.39 is 6.10 Å². The van der Waals surface area contributed by atoms with Crippen molar-refractivity contribution < 1.29 is 14.3 Å². The molecule has 1 aliphatic heterocycles. The third kappa shape index (κ3) is 5.00. The van der Waals surface area contributed by atoms with E-state index in [4.69, 9.17) is 21.1 Å². The van der Waals surface area contributed by atoms with Crippen LogP contribution in [0, 0.1) is 13.8 Å². The van der Waals surface area contributed by atoms with E-state index in [1.54, 1.807) is 6.92 Å².